The summed E-state index contributed by atoms with van der Waals surface area (Å²) >= 11 is 0. The number of hydrogen-bond acceptors (Lipinski definition) is 7. The van der Waals surface area contributed by atoms with Gasteiger partial charge in [0.05, 0.1) is 11.1 Å². The number of amides is 1. The molecule has 0 aliphatic carbocycles. The molecular formula is C29H39N7O2. The van der Waals surface area contributed by atoms with Gasteiger partial charge in [-0.15, -0.1) is 0 Å². The summed E-state index contributed by atoms with van der Waals surface area (Å²) in [6.07, 6.45) is 4.37. The van der Waals surface area contributed by atoms with Gasteiger partial charge >= 0.3 is 0 Å². The molecule has 2 aromatic heterocycles. The molecule has 4 rings (SSSR count). The minimum atomic E-state index is -0.352. The highest BCUT2D eigenvalue weighted by atomic mass is 16.5. The van der Waals surface area contributed by atoms with Crippen molar-refractivity contribution in [3.63, 3.8) is 0 Å². The van der Waals surface area contributed by atoms with Crippen LogP contribution in [0.1, 0.15) is 44.2 Å². The first-order valence-corrected chi connectivity index (χ1v) is 12.7. The molecule has 2 aromatic carbocycles. The predicted molar refractivity (Wildman–Crippen MR) is 153 cm³/mol. The van der Waals surface area contributed by atoms with E-state index in [1.54, 1.807) is 11.8 Å². The van der Waals surface area contributed by atoms with E-state index in [0.29, 0.717) is 25.9 Å². The summed E-state index contributed by atoms with van der Waals surface area (Å²) < 4.78 is 2.23. The normalized spacial score (nSPS) is 10.8. The van der Waals surface area contributed by atoms with Crippen molar-refractivity contribution in [1.82, 2.24) is 25.3 Å². The van der Waals surface area contributed by atoms with Crippen LogP contribution in [0.25, 0.3) is 22.3 Å². The zero-order valence-electron chi connectivity index (χ0n) is 21.0. The molecule has 0 bridgehead atoms. The van der Waals surface area contributed by atoms with Gasteiger partial charge in [0.1, 0.15) is 17.8 Å². The van der Waals surface area contributed by atoms with Crippen molar-refractivity contribution < 1.29 is 10.0 Å². The average Bonchev–Trinajstić information content (AvgIpc) is 3.31. The number of nitrogens with zero attached hydrogens (tertiary/aromatic N) is 3. The zero-order valence-corrected chi connectivity index (χ0v) is 21.0. The summed E-state index contributed by atoms with van der Waals surface area (Å²) in [5, 5.41) is 16.5. The fraction of sp³-hybridized carbons (Fsp3) is 0.345. The van der Waals surface area contributed by atoms with E-state index in [1.165, 1.54) is 11.1 Å². The van der Waals surface area contributed by atoms with Gasteiger partial charge in [0.2, 0.25) is 5.91 Å². The van der Waals surface area contributed by atoms with Crippen LogP contribution < -0.4 is 21.8 Å². The highest BCUT2D eigenvalue weighted by Gasteiger charge is 2.15. The average molecular weight is 518 g/mol. The molecule has 0 saturated carbocycles. The molecule has 6 N–H and O–H groups in total. The summed E-state index contributed by atoms with van der Waals surface area (Å²) in [5.74, 6) is 0.450. The van der Waals surface area contributed by atoms with Crippen LogP contribution in [-0.4, -0.2) is 38.7 Å². The Hall–Kier alpha value is -3.79. The Balaban J connectivity index is 0.00000400. The molecule has 0 radical (unpaired) electrons. The topological polar surface area (TPSA) is 130 Å². The largest absolute Gasteiger partial charge is 0.365 e. The van der Waals surface area contributed by atoms with E-state index in [1.807, 2.05) is 18.2 Å². The number of benzene rings is 2. The second-order valence-corrected chi connectivity index (χ2v) is 8.99. The first-order chi connectivity index (χ1) is 18.2. The van der Waals surface area contributed by atoms with Crippen molar-refractivity contribution in [3.8, 4) is 11.3 Å². The second kappa shape index (κ2) is 14.8. The Morgan fingerprint density at radius 3 is 2.45 bits per heavy atom. The number of hydrogen-bond donors (Lipinski definition) is 5. The van der Waals surface area contributed by atoms with E-state index >= 15 is 0 Å². The molecule has 0 unspecified atom stereocenters. The van der Waals surface area contributed by atoms with Crippen LogP contribution in [0.15, 0.2) is 67.0 Å². The number of aromatic nitrogens is 3. The van der Waals surface area contributed by atoms with Crippen molar-refractivity contribution >= 4 is 22.8 Å². The molecule has 9 heteroatoms. The van der Waals surface area contributed by atoms with Gasteiger partial charge in [-0.05, 0) is 35.6 Å². The maximum atomic E-state index is 11.3. The van der Waals surface area contributed by atoms with Crippen LogP contribution in [0.5, 0.6) is 0 Å². The van der Waals surface area contributed by atoms with Crippen molar-refractivity contribution in [2.24, 2.45) is 5.73 Å². The molecule has 38 heavy (non-hydrogen) atoms. The standard InChI is InChI=1S/C28H35N7O2.CH4/c29-14-15-30-18-22-10-12-23(13-11-22)25-17-24-27(31-19-21-7-3-1-4-8-21)32-20-33-28(24)35(25)16-6-2-5-9-26(36)34-37;/h1,3-4,7-8,10-13,17,20,30,37H,2,5-6,9,14-16,18-19,29H2,(H,34,36)(H,31,32,33);1H4. The Morgan fingerprint density at radius 2 is 1.71 bits per heavy atom. The third-order valence-electron chi connectivity index (χ3n) is 6.30. The van der Waals surface area contributed by atoms with Gasteiger partial charge in [-0.2, -0.15) is 0 Å². The molecule has 4 aromatic rings. The monoisotopic (exact) mass is 517 g/mol. The quantitative estimate of drug-likeness (QED) is 0.0948. The van der Waals surface area contributed by atoms with Gasteiger partial charge in [0.15, 0.2) is 0 Å². The Bertz CT molecular complexity index is 1270. The molecule has 0 saturated heterocycles. The summed E-state index contributed by atoms with van der Waals surface area (Å²) in [5.41, 5.74) is 12.7. The molecule has 0 spiro atoms. The minimum absolute atomic E-state index is 0. The molecule has 202 valence electrons. The number of nitrogens with two attached hydrogens (primary N) is 1. The SMILES string of the molecule is C.NCCNCc1ccc(-c2cc3c(NCc4ccccc4)ncnc3n2CCCCCC(=O)NO)cc1. The first kappa shape index (κ1) is 28.8. The highest BCUT2D eigenvalue weighted by Crippen LogP contribution is 2.31. The number of unbranched alkanes of at least 4 members (excludes halogenated alkanes) is 2. The fourth-order valence-corrected chi connectivity index (χ4v) is 4.37. The lowest BCUT2D eigenvalue weighted by molar-refractivity contribution is -0.129. The Labute approximate surface area is 224 Å². The van der Waals surface area contributed by atoms with Crippen molar-refractivity contribution in [2.75, 3.05) is 18.4 Å². The van der Waals surface area contributed by atoms with Crippen LogP contribution in [0, 0.1) is 0 Å². The summed E-state index contributed by atoms with van der Waals surface area (Å²) in [6, 6.07) is 20.9. The van der Waals surface area contributed by atoms with E-state index in [-0.39, 0.29) is 13.3 Å². The van der Waals surface area contributed by atoms with E-state index < -0.39 is 0 Å². The lowest BCUT2D eigenvalue weighted by Crippen LogP contribution is -2.21. The molecule has 2 heterocycles. The molecule has 0 aliphatic rings. The first-order valence-electron chi connectivity index (χ1n) is 12.7. The highest BCUT2D eigenvalue weighted by molar-refractivity contribution is 5.92. The fourth-order valence-electron chi connectivity index (χ4n) is 4.37. The number of rotatable bonds is 14. The maximum Gasteiger partial charge on any atom is 0.243 e. The molecule has 0 fully saturated rings. The van der Waals surface area contributed by atoms with Crippen molar-refractivity contribution in [2.45, 2.75) is 52.7 Å². The van der Waals surface area contributed by atoms with Gasteiger partial charge in [0.25, 0.3) is 0 Å². The van der Waals surface area contributed by atoms with Gasteiger partial charge in [-0.1, -0.05) is 68.4 Å². The summed E-state index contributed by atoms with van der Waals surface area (Å²) in [7, 11) is 0. The number of carbonyl (C=O) groups is 1. The maximum absolute atomic E-state index is 11.3. The van der Waals surface area contributed by atoms with Gasteiger partial charge in [0, 0.05) is 39.1 Å². The zero-order chi connectivity index (χ0) is 25.9. The van der Waals surface area contributed by atoms with Gasteiger partial charge in [-0.3, -0.25) is 10.0 Å². The number of fused-ring (bicyclic) bond motifs is 1. The van der Waals surface area contributed by atoms with E-state index in [2.05, 4.69) is 67.6 Å². The molecule has 0 atom stereocenters. The van der Waals surface area contributed by atoms with E-state index in [0.717, 1.165) is 60.6 Å². The molecule has 1 amide bonds. The smallest absolute Gasteiger partial charge is 0.243 e. The van der Waals surface area contributed by atoms with Crippen LogP contribution in [-0.2, 0) is 24.4 Å². The number of aryl methyl sites for hydroxylation is 1. The minimum Gasteiger partial charge on any atom is -0.365 e. The molecular weight excluding hydrogens is 478 g/mol. The lowest BCUT2D eigenvalue weighted by Gasteiger charge is -2.12. The number of anilines is 1. The third kappa shape index (κ3) is 7.61. The summed E-state index contributed by atoms with van der Waals surface area (Å²) in [4.78, 5) is 20.5. The van der Waals surface area contributed by atoms with Crippen LogP contribution in [0.4, 0.5) is 5.82 Å². The Morgan fingerprint density at radius 1 is 0.947 bits per heavy atom. The van der Waals surface area contributed by atoms with Crippen LogP contribution >= 0.6 is 0 Å². The van der Waals surface area contributed by atoms with Crippen LogP contribution in [0.2, 0.25) is 0 Å². The van der Waals surface area contributed by atoms with Crippen molar-refractivity contribution in [3.05, 3.63) is 78.1 Å². The third-order valence-corrected chi connectivity index (χ3v) is 6.30. The second-order valence-electron chi connectivity index (χ2n) is 8.99. The predicted octanol–water partition coefficient (Wildman–Crippen LogP) is 4.46. The lowest BCUT2D eigenvalue weighted by atomic mass is 10.1. The molecule has 0 aliphatic heterocycles. The summed E-state index contributed by atoms with van der Waals surface area (Å²) in [6.45, 7) is 3.61. The molecule has 9 nitrogen and oxygen atoms in total. The number of hydroxylamine groups is 1. The van der Waals surface area contributed by atoms with Crippen LogP contribution in [0.3, 0.4) is 0 Å². The van der Waals surface area contributed by atoms with E-state index in [4.69, 9.17) is 10.9 Å². The van der Waals surface area contributed by atoms with Crippen molar-refractivity contribution in [1.29, 1.82) is 0 Å². The van der Waals surface area contributed by atoms with E-state index in [9.17, 15) is 4.79 Å². The Kier molecular flexibility index (Phi) is 11.2. The number of carbonyl (C=O) groups excluding carboxylic acids is 1. The van der Waals surface area contributed by atoms with Gasteiger partial charge in [-0.25, -0.2) is 15.4 Å². The van der Waals surface area contributed by atoms with Gasteiger partial charge < -0.3 is 20.9 Å². The number of nitrogens with one attached hydrogen (secondary N) is 3.